The first-order valence-corrected chi connectivity index (χ1v) is 25.5. The summed E-state index contributed by atoms with van der Waals surface area (Å²) in [7, 11) is 0. The van der Waals surface area contributed by atoms with Crippen molar-refractivity contribution >= 4 is 90.7 Å². The maximum absolute atomic E-state index is 14.5. The summed E-state index contributed by atoms with van der Waals surface area (Å²) in [4.78, 5) is 55.2. The van der Waals surface area contributed by atoms with E-state index in [4.69, 9.17) is 38.3 Å². The van der Waals surface area contributed by atoms with Crippen LogP contribution >= 0.6 is 11.6 Å². The lowest BCUT2D eigenvalue weighted by Gasteiger charge is -2.38. The van der Waals surface area contributed by atoms with Gasteiger partial charge in [0.2, 0.25) is 0 Å². The number of benzene rings is 2. The van der Waals surface area contributed by atoms with Gasteiger partial charge in [0.25, 0.3) is 0 Å². The highest BCUT2D eigenvalue weighted by atomic mass is 35.5. The number of hydrogen-bond donors (Lipinski definition) is 6. The highest BCUT2D eigenvalue weighted by Crippen LogP contribution is 2.55. The number of hydrogen-bond acceptors (Lipinski definition) is 16. The Balaban J connectivity index is 0.874. The largest absolute Gasteiger partial charge is 0.458 e. The molecule has 2 saturated carbocycles. The third kappa shape index (κ3) is 9.16. The molecule has 2 aliphatic rings. The zero-order valence-electron chi connectivity index (χ0n) is 42.4. The molecular formula is C55H63ClN12O6. The number of nitrogens with one attached hydrogen (secondary N) is 1. The molecule has 2 aromatic carbocycles. The van der Waals surface area contributed by atoms with Crippen molar-refractivity contribution in [2.24, 2.45) is 22.7 Å². The molecule has 8 aromatic rings. The zero-order valence-corrected chi connectivity index (χ0v) is 43.1. The van der Waals surface area contributed by atoms with Crippen LogP contribution in [0.25, 0.3) is 43.9 Å². The minimum Gasteiger partial charge on any atom is -0.458 e. The molecule has 0 saturated heterocycles. The first-order chi connectivity index (χ1) is 35.2. The summed E-state index contributed by atoms with van der Waals surface area (Å²) in [5, 5.41) is 30.8. The molecule has 2 aliphatic carbocycles. The predicted octanol–water partition coefficient (Wildman–Crippen LogP) is 8.18. The molecule has 10 rings (SSSR count). The van der Waals surface area contributed by atoms with Gasteiger partial charge in [-0.25, -0.2) is 29.9 Å². The van der Waals surface area contributed by atoms with E-state index in [-0.39, 0.29) is 12.4 Å². The highest BCUT2D eigenvalue weighted by Gasteiger charge is 2.59. The number of aromatic nitrogens is 8. The molecule has 0 amide bonds. The fourth-order valence-corrected chi connectivity index (χ4v) is 11.5. The molecule has 0 spiro atoms. The average molecular weight is 1020 g/mol. The maximum atomic E-state index is 14.5. The SMILES string of the molecule is CC(C)C(=O)O[C@H]1[C@@H](OC(=O)C(C)CNc2ncnc3c2ccn3[C@@H]2C[C@](C)(CCc3ccc4cc(Cl)c(N)nc4c3)[C@@](C)(O)[C@H]2O)[C@H](n2ccc3c(N)ncnc32)C[C@]1(C)CCc1ccc2ccc(N)nc2c1. The van der Waals surface area contributed by atoms with E-state index in [0.717, 1.165) is 32.9 Å². The van der Waals surface area contributed by atoms with E-state index in [9.17, 15) is 19.8 Å². The number of nitrogens with two attached hydrogens (primary N) is 3. The summed E-state index contributed by atoms with van der Waals surface area (Å²) < 4.78 is 16.9. The Hall–Kier alpha value is -7.15. The first kappa shape index (κ1) is 50.4. The van der Waals surface area contributed by atoms with Crippen molar-refractivity contribution in [2.75, 3.05) is 29.1 Å². The minimum absolute atomic E-state index is 0.140. The van der Waals surface area contributed by atoms with Crippen LogP contribution < -0.4 is 22.5 Å². The second-order valence-corrected chi connectivity index (χ2v) is 22.0. The molecule has 18 nitrogen and oxygen atoms in total. The minimum atomic E-state index is -1.44. The molecule has 386 valence electrons. The van der Waals surface area contributed by atoms with Gasteiger partial charge in [0.05, 0.1) is 56.3 Å². The number of nitrogens with zero attached hydrogens (tertiary/aromatic N) is 8. The van der Waals surface area contributed by atoms with Crippen LogP contribution in [0.1, 0.15) is 90.4 Å². The quantitative estimate of drug-likeness (QED) is 0.0528. The first-order valence-electron chi connectivity index (χ1n) is 25.2. The number of halogens is 1. The lowest BCUT2D eigenvalue weighted by atomic mass is 9.72. The number of nitrogen functional groups attached to an aromatic ring is 3. The number of carbonyl (C=O) groups excluding carboxylic acids is 2. The Morgan fingerprint density at radius 1 is 0.757 bits per heavy atom. The van der Waals surface area contributed by atoms with Crippen molar-refractivity contribution in [2.45, 2.75) is 116 Å². The lowest BCUT2D eigenvalue weighted by molar-refractivity contribution is -0.177. The monoisotopic (exact) mass is 1020 g/mol. The third-order valence-corrected chi connectivity index (χ3v) is 16.5. The molecule has 6 aromatic heterocycles. The Morgan fingerprint density at radius 2 is 1.39 bits per heavy atom. The van der Waals surface area contributed by atoms with Gasteiger partial charge in [-0.15, -0.1) is 0 Å². The van der Waals surface area contributed by atoms with Crippen molar-refractivity contribution in [3.05, 3.63) is 108 Å². The van der Waals surface area contributed by atoms with E-state index in [1.807, 2.05) is 77.0 Å². The lowest BCUT2D eigenvalue weighted by Crippen LogP contribution is -2.47. The van der Waals surface area contributed by atoms with E-state index in [0.29, 0.717) is 83.1 Å². The Bertz CT molecular complexity index is 3450. The molecule has 6 heterocycles. The van der Waals surface area contributed by atoms with Gasteiger partial charge in [-0.3, -0.25) is 9.59 Å². The number of fused-ring (bicyclic) bond motifs is 4. The maximum Gasteiger partial charge on any atom is 0.310 e. The van der Waals surface area contributed by atoms with E-state index in [1.165, 1.54) is 12.7 Å². The number of anilines is 4. The number of ether oxygens (including phenoxy) is 2. The second-order valence-electron chi connectivity index (χ2n) is 21.6. The zero-order chi connectivity index (χ0) is 52.4. The topological polar surface area (TPSA) is 270 Å². The van der Waals surface area contributed by atoms with Crippen molar-refractivity contribution < 1.29 is 29.3 Å². The summed E-state index contributed by atoms with van der Waals surface area (Å²) >= 11 is 6.21. The van der Waals surface area contributed by atoms with Gasteiger partial charge in [0, 0.05) is 40.5 Å². The van der Waals surface area contributed by atoms with Crippen molar-refractivity contribution in [3.63, 3.8) is 0 Å². The van der Waals surface area contributed by atoms with Gasteiger partial charge in [-0.05, 0) is 99.0 Å². The Kier molecular flexibility index (Phi) is 13.1. The van der Waals surface area contributed by atoms with Crippen LogP contribution in [0.15, 0.2) is 91.8 Å². The summed E-state index contributed by atoms with van der Waals surface area (Å²) in [6, 6.07) is 20.3. The van der Waals surface area contributed by atoms with E-state index >= 15 is 0 Å². The fourth-order valence-electron chi connectivity index (χ4n) is 11.3. The molecule has 19 heteroatoms. The van der Waals surface area contributed by atoms with Crippen LogP contribution in [-0.2, 0) is 31.9 Å². The smallest absolute Gasteiger partial charge is 0.310 e. The molecule has 0 radical (unpaired) electrons. The standard InChI is InChI=1S/C55H63ClN12O6/c1-29(2)51(70)74-45-43(40(67-19-15-35-46(58)61-27-63-49(35)67)24-53(45,4)17-13-31-7-9-33-11-12-42(57)65-38(33)21-31)73-52(71)30(3)26-60-48-36-16-20-68(50(36)64-28-62-48)41-25-54(5,55(6,72)44(41)69)18-14-32-8-10-34-23-37(56)47(59)66-39(34)22-32/h7-12,15-16,19-23,27-30,40-41,43-45,69,72H,13-14,17-18,24-26H2,1-6H3,(H2,57,65)(H2,59,66)(H2,58,61,63)(H,60,62,64)/t30?,40-,41-,43+,44+,45+,53+,54+,55+/m1/s1. The molecule has 74 heavy (non-hydrogen) atoms. The van der Waals surface area contributed by atoms with Crippen LogP contribution in [0, 0.1) is 22.7 Å². The van der Waals surface area contributed by atoms with Gasteiger partial charge in [-0.1, -0.05) is 70.5 Å². The highest BCUT2D eigenvalue weighted by molar-refractivity contribution is 6.33. The summed E-state index contributed by atoms with van der Waals surface area (Å²) in [5.41, 5.74) is 20.3. The predicted molar refractivity (Wildman–Crippen MR) is 286 cm³/mol. The number of aliphatic hydroxyl groups is 2. The van der Waals surface area contributed by atoms with Crippen molar-refractivity contribution in [1.29, 1.82) is 0 Å². The molecule has 0 bridgehead atoms. The Labute approximate surface area is 433 Å². The fraction of sp³-hybridized carbons (Fsp3) is 0.418. The van der Waals surface area contributed by atoms with E-state index in [1.54, 1.807) is 39.8 Å². The van der Waals surface area contributed by atoms with Crippen molar-refractivity contribution in [3.8, 4) is 0 Å². The number of aryl methyl sites for hydroxylation is 2. The van der Waals surface area contributed by atoms with Gasteiger partial charge in [-0.2, -0.15) is 0 Å². The van der Waals surface area contributed by atoms with Gasteiger partial charge in [0.15, 0.2) is 6.10 Å². The summed E-state index contributed by atoms with van der Waals surface area (Å²) in [6.07, 6.45) is 7.10. The summed E-state index contributed by atoms with van der Waals surface area (Å²) in [5.74, 6) is -0.535. The van der Waals surface area contributed by atoms with Gasteiger partial charge in [0.1, 0.15) is 59.4 Å². The van der Waals surface area contributed by atoms with Crippen LogP contribution in [0.2, 0.25) is 5.02 Å². The van der Waals surface area contributed by atoms with Gasteiger partial charge >= 0.3 is 11.9 Å². The summed E-state index contributed by atoms with van der Waals surface area (Å²) in [6.45, 7) is 11.3. The van der Waals surface area contributed by atoms with E-state index in [2.05, 4.69) is 48.2 Å². The molecule has 1 unspecified atom stereocenters. The molecular weight excluding hydrogens is 960 g/mol. The van der Waals surface area contributed by atoms with Crippen LogP contribution in [0.4, 0.5) is 23.3 Å². The number of rotatable bonds is 15. The van der Waals surface area contributed by atoms with Crippen molar-refractivity contribution in [1.82, 2.24) is 39.0 Å². The average Bonchev–Trinajstić information content (AvgIpc) is 4.11. The van der Waals surface area contributed by atoms with Gasteiger partial charge < -0.3 is 51.3 Å². The molecule has 9 atom stereocenters. The number of pyridine rings is 2. The van der Waals surface area contributed by atoms with E-state index < -0.39 is 70.6 Å². The second kappa shape index (κ2) is 19.3. The van der Waals surface area contributed by atoms with Crippen LogP contribution in [0.3, 0.4) is 0 Å². The number of carbonyl (C=O) groups is 2. The molecule has 9 N–H and O–H groups in total. The van der Waals surface area contributed by atoms with Crippen LogP contribution in [0.5, 0.6) is 0 Å². The number of esters is 2. The molecule has 2 fully saturated rings. The normalized spacial score (nSPS) is 25.4. The molecule has 0 aliphatic heterocycles. The third-order valence-electron chi connectivity index (χ3n) is 16.2. The van der Waals surface area contributed by atoms with Crippen LogP contribution in [-0.4, -0.2) is 91.6 Å². The number of aliphatic hydroxyl groups excluding tert-OH is 1. The Morgan fingerprint density at radius 3 is 2.12 bits per heavy atom.